The Morgan fingerprint density at radius 1 is 1.24 bits per heavy atom. The number of nitro groups is 1. The molecule has 0 aliphatic rings. The number of carbonyl (C=O) groups is 1. The number of nitrogens with zero attached hydrogens (tertiary/aromatic N) is 2. The van der Waals surface area contributed by atoms with Gasteiger partial charge in [0.05, 0.1) is 10.3 Å². The largest absolute Gasteiger partial charge is 0.481 e. The summed E-state index contributed by atoms with van der Waals surface area (Å²) in [5.74, 6) is -0.715. The van der Waals surface area contributed by atoms with Crippen LogP contribution in [0.2, 0.25) is 0 Å². The molecule has 3 rings (SSSR count). The van der Waals surface area contributed by atoms with Gasteiger partial charge in [0.1, 0.15) is 17.1 Å². The molecule has 1 amide bonds. The molecule has 0 bridgehead atoms. The van der Waals surface area contributed by atoms with Crippen molar-refractivity contribution >= 4 is 28.2 Å². The summed E-state index contributed by atoms with van der Waals surface area (Å²) >= 11 is 0. The van der Waals surface area contributed by atoms with Gasteiger partial charge in [-0.25, -0.2) is 4.39 Å². The number of ether oxygens (including phenoxy) is 1. The molecule has 0 radical (unpaired) electrons. The maximum absolute atomic E-state index is 13.1. The Labute approximate surface area is 141 Å². The van der Waals surface area contributed by atoms with Gasteiger partial charge in [0.15, 0.2) is 6.61 Å². The minimum absolute atomic E-state index is 0.0975. The Hall–Kier alpha value is -3.55. The number of nitro benzene ring substituents is 1. The average molecular weight is 341 g/mol. The fourth-order valence-electron chi connectivity index (χ4n) is 2.31. The first-order valence-electron chi connectivity index (χ1n) is 7.25. The Balaban J connectivity index is 1.76. The highest BCUT2D eigenvalue weighted by molar-refractivity contribution is 5.94. The first-order valence-corrected chi connectivity index (χ1v) is 7.25. The lowest BCUT2D eigenvalue weighted by molar-refractivity contribution is -0.383. The fraction of sp³-hybridized carbons (Fsp3) is 0.0588. The Kier molecular flexibility index (Phi) is 4.51. The molecule has 0 spiro atoms. The van der Waals surface area contributed by atoms with Gasteiger partial charge >= 0.3 is 0 Å². The van der Waals surface area contributed by atoms with E-state index in [9.17, 15) is 19.3 Å². The predicted octanol–water partition coefficient (Wildman–Crippen LogP) is 3.30. The van der Waals surface area contributed by atoms with E-state index in [4.69, 9.17) is 4.74 Å². The van der Waals surface area contributed by atoms with Crippen LogP contribution in [0.1, 0.15) is 0 Å². The Morgan fingerprint density at radius 2 is 2.08 bits per heavy atom. The molecule has 126 valence electrons. The molecule has 0 aliphatic carbocycles. The molecule has 1 N–H and O–H groups in total. The van der Waals surface area contributed by atoms with E-state index in [-0.39, 0.29) is 23.6 Å². The van der Waals surface area contributed by atoms with Gasteiger partial charge in [0.2, 0.25) is 0 Å². The van der Waals surface area contributed by atoms with Crippen molar-refractivity contribution in [3.63, 3.8) is 0 Å². The van der Waals surface area contributed by atoms with E-state index in [1.54, 1.807) is 18.2 Å². The second kappa shape index (κ2) is 6.91. The lowest BCUT2D eigenvalue weighted by Crippen LogP contribution is -2.20. The number of pyridine rings is 1. The van der Waals surface area contributed by atoms with Gasteiger partial charge in [-0.05, 0) is 36.4 Å². The third-order valence-electron chi connectivity index (χ3n) is 3.37. The molecule has 0 atom stereocenters. The third kappa shape index (κ3) is 3.69. The highest BCUT2D eigenvalue weighted by atomic mass is 19.1. The van der Waals surface area contributed by atoms with Crippen molar-refractivity contribution in [1.29, 1.82) is 0 Å². The number of rotatable bonds is 5. The van der Waals surface area contributed by atoms with Crippen LogP contribution in [-0.2, 0) is 4.79 Å². The third-order valence-corrected chi connectivity index (χ3v) is 3.37. The highest BCUT2D eigenvalue weighted by Crippen LogP contribution is 2.31. The van der Waals surface area contributed by atoms with Crippen LogP contribution >= 0.6 is 0 Å². The van der Waals surface area contributed by atoms with Gasteiger partial charge < -0.3 is 10.1 Å². The van der Waals surface area contributed by atoms with Gasteiger partial charge in [-0.1, -0.05) is 6.07 Å². The number of anilines is 1. The molecule has 25 heavy (non-hydrogen) atoms. The van der Waals surface area contributed by atoms with Crippen molar-refractivity contribution in [2.75, 3.05) is 11.9 Å². The molecule has 0 saturated heterocycles. The van der Waals surface area contributed by atoms with Gasteiger partial charge in [-0.15, -0.1) is 0 Å². The fourth-order valence-corrected chi connectivity index (χ4v) is 2.31. The normalized spacial score (nSPS) is 10.4. The molecule has 0 aliphatic heterocycles. The number of nitrogens with one attached hydrogen (secondary N) is 1. The van der Waals surface area contributed by atoms with Crippen molar-refractivity contribution in [1.82, 2.24) is 4.98 Å². The monoisotopic (exact) mass is 341 g/mol. The number of carbonyl (C=O) groups excluding carboxylic acids is 1. The molecule has 8 heteroatoms. The topological polar surface area (TPSA) is 94.4 Å². The number of aromatic nitrogens is 1. The summed E-state index contributed by atoms with van der Waals surface area (Å²) in [6.07, 6.45) is 1.48. The Bertz CT molecular complexity index is 962. The summed E-state index contributed by atoms with van der Waals surface area (Å²) in [7, 11) is 0. The SMILES string of the molecule is O=C(COc1ccc([N+](=O)[O-])c2cccnc12)Nc1cccc(F)c1. The van der Waals surface area contributed by atoms with Crippen LogP contribution < -0.4 is 10.1 Å². The van der Waals surface area contributed by atoms with E-state index in [0.29, 0.717) is 11.1 Å². The first-order chi connectivity index (χ1) is 12.0. The summed E-state index contributed by atoms with van der Waals surface area (Å²) < 4.78 is 18.5. The van der Waals surface area contributed by atoms with E-state index < -0.39 is 16.6 Å². The molecule has 0 unspecified atom stereocenters. The highest BCUT2D eigenvalue weighted by Gasteiger charge is 2.16. The van der Waals surface area contributed by atoms with Crippen LogP contribution in [0.4, 0.5) is 15.8 Å². The molecular formula is C17H12FN3O4. The number of non-ortho nitro benzene ring substituents is 1. The Morgan fingerprint density at radius 3 is 2.84 bits per heavy atom. The van der Waals surface area contributed by atoms with E-state index in [1.165, 1.54) is 36.5 Å². The summed E-state index contributed by atoms with van der Waals surface area (Å²) in [5.41, 5.74) is 0.496. The van der Waals surface area contributed by atoms with E-state index in [1.807, 2.05) is 0 Å². The molecule has 2 aromatic carbocycles. The molecule has 1 heterocycles. The van der Waals surface area contributed by atoms with Gasteiger partial charge in [-0.3, -0.25) is 19.9 Å². The lowest BCUT2D eigenvalue weighted by Gasteiger charge is -2.09. The number of fused-ring (bicyclic) bond motifs is 1. The molecule has 0 fully saturated rings. The van der Waals surface area contributed by atoms with Crippen molar-refractivity contribution in [2.24, 2.45) is 0 Å². The number of hydrogen-bond acceptors (Lipinski definition) is 5. The van der Waals surface area contributed by atoms with Gasteiger partial charge in [0, 0.05) is 18.0 Å². The number of hydrogen-bond donors (Lipinski definition) is 1. The van der Waals surface area contributed by atoms with Crippen LogP contribution in [0.5, 0.6) is 5.75 Å². The molecule has 1 aromatic heterocycles. The van der Waals surface area contributed by atoms with Crippen LogP contribution in [0, 0.1) is 15.9 Å². The zero-order valence-corrected chi connectivity index (χ0v) is 12.8. The summed E-state index contributed by atoms with van der Waals surface area (Å²) in [6.45, 7) is -0.347. The first kappa shape index (κ1) is 16.3. The molecule has 0 saturated carbocycles. The standard InChI is InChI=1S/C17H12FN3O4/c18-11-3-1-4-12(9-11)20-16(22)10-25-15-7-6-14(21(23)24)13-5-2-8-19-17(13)15/h1-9H,10H2,(H,20,22). The van der Waals surface area contributed by atoms with Crippen molar-refractivity contribution in [3.8, 4) is 5.75 Å². The number of benzene rings is 2. The minimum Gasteiger partial charge on any atom is -0.481 e. The lowest BCUT2D eigenvalue weighted by atomic mass is 10.1. The second-order valence-electron chi connectivity index (χ2n) is 5.09. The average Bonchev–Trinajstić information content (AvgIpc) is 2.59. The van der Waals surface area contributed by atoms with E-state index >= 15 is 0 Å². The zero-order valence-electron chi connectivity index (χ0n) is 12.8. The second-order valence-corrected chi connectivity index (χ2v) is 5.09. The molecule has 7 nitrogen and oxygen atoms in total. The van der Waals surface area contributed by atoms with Crippen molar-refractivity contribution in [2.45, 2.75) is 0 Å². The molecule has 3 aromatic rings. The van der Waals surface area contributed by atoms with Crippen LogP contribution in [-0.4, -0.2) is 22.4 Å². The number of amides is 1. The maximum Gasteiger partial charge on any atom is 0.279 e. The summed E-state index contributed by atoms with van der Waals surface area (Å²) in [4.78, 5) is 26.6. The van der Waals surface area contributed by atoms with E-state index in [0.717, 1.165) is 0 Å². The van der Waals surface area contributed by atoms with Crippen LogP contribution in [0.25, 0.3) is 10.9 Å². The van der Waals surface area contributed by atoms with Crippen LogP contribution in [0.3, 0.4) is 0 Å². The maximum atomic E-state index is 13.1. The number of halogens is 1. The summed E-state index contributed by atoms with van der Waals surface area (Å²) in [5, 5.41) is 13.9. The molecular weight excluding hydrogens is 329 g/mol. The van der Waals surface area contributed by atoms with Crippen molar-refractivity contribution in [3.05, 3.63) is 70.7 Å². The van der Waals surface area contributed by atoms with E-state index in [2.05, 4.69) is 10.3 Å². The minimum atomic E-state index is -0.509. The van der Waals surface area contributed by atoms with Gasteiger partial charge in [0.25, 0.3) is 11.6 Å². The zero-order chi connectivity index (χ0) is 17.8. The quantitative estimate of drug-likeness (QED) is 0.567. The van der Waals surface area contributed by atoms with Gasteiger partial charge in [-0.2, -0.15) is 0 Å². The summed E-state index contributed by atoms with van der Waals surface area (Å²) in [6, 6.07) is 11.3. The van der Waals surface area contributed by atoms with Crippen LogP contribution in [0.15, 0.2) is 54.7 Å². The smallest absolute Gasteiger partial charge is 0.279 e. The van der Waals surface area contributed by atoms with Crippen molar-refractivity contribution < 1.29 is 18.8 Å². The predicted molar refractivity (Wildman–Crippen MR) is 88.9 cm³/mol.